The number of methoxy groups -OCH3 is 2. The molecule has 0 aromatic heterocycles. The van der Waals surface area contributed by atoms with Crippen LogP contribution in [0.15, 0.2) is 50.9 Å². The van der Waals surface area contributed by atoms with Gasteiger partial charge >= 0.3 is 0 Å². The van der Waals surface area contributed by atoms with Crippen LogP contribution < -0.4 is 14.8 Å². The third kappa shape index (κ3) is 4.62. The van der Waals surface area contributed by atoms with Crippen molar-refractivity contribution >= 4 is 49.5 Å². The number of carbonyl (C=O) groups excluding carboxylic acids is 1. The van der Waals surface area contributed by atoms with Crippen LogP contribution in [-0.4, -0.2) is 20.1 Å². The first-order valence-electron chi connectivity index (χ1n) is 7.09. The number of hydrogen-bond acceptors (Lipinski definition) is 4. The number of hydrogen-bond donors (Lipinski definition) is 1. The second-order valence-corrected chi connectivity index (χ2v) is 6.55. The Morgan fingerprint density at radius 1 is 1.16 bits per heavy atom. The Morgan fingerprint density at radius 2 is 1.80 bits per heavy atom. The first kappa shape index (κ1) is 19.0. The summed E-state index contributed by atoms with van der Waals surface area (Å²) in [5.41, 5.74) is 1.13. The number of carbonyl (C=O) groups is 1. The predicted octanol–water partition coefficient (Wildman–Crippen LogP) is 4.77. The number of anilines is 1. The fourth-order valence-corrected chi connectivity index (χ4v) is 3.66. The van der Waals surface area contributed by atoms with Crippen molar-refractivity contribution < 1.29 is 14.3 Å². The Bertz CT molecular complexity index is 850. The van der Waals surface area contributed by atoms with E-state index < -0.39 is 5.91 Å². The summed E-state index contributed by atoms with van der Waals surface area (Å²) in [6, 6.07) is 12.4. The zero-order chi connectivity index (χ0) is 18.4. The zero-order valence-electron chi connectivity index (χ0n) is 13.5. The molecule has 2 aromatic carbocycles. The highest BCUT2D eigenvalue weighted by Gasteiger charge is 2.13. The summed E-state index contributed by atoms with van der Waals surface area (Å²) in [6.07, 6.45) is 1.50. The highest BCUT2D eigenvalue weighted by molar-refractivity contribution is 9.11. The number of amides is 1. The van der Waals surface area contributed by atoms with Gasteiger partial charge in [-0.1, -0.05) is 12.1 Å². The van der Waals surface area contributed by atoms with Gasteiger partial charge < -0.3 is 14.8 Å². The molecule has 0 unspecified atom stereocenters. The molecule has 2 aromatic rings. The third-order valence-corrected chi connectivity index (χ3v) is 4.43. The molecule has 0 atom stereocenters. The van der Waals surface area contributed by atoms with Crippen molar-refractivity contribution in [1.29, 1.82) is 5.26 Å². The normalized spacial score (nSPS) is 10.8. The van der Waals surface area contributed by atoms with Gasteiger partial charge in [-0.05, 0) is 67.8 Å². The van der Waals surface area contributed by atoms with E-state index in [-0.39, 0.29) is 5.57 Å². The maximum atomic E-state index is 12.4. The average molecular weight is 466 g/mol. The van der Waals surface area contributed by atoms with Crippen molar-refractivity contribution in [2.24, 2.45) is 0 Å². The first-order chi connectivity index (χ1) is 12.0. The van der Waals surface area contributed by atoms with E-state index in [0.717, 1.165) is 0 Å². The SMILES string of the molecule is COc1ccccc1NC(=O)/C(C#N)=C/c1cc(Br)c(OC)c(Br)c1. The highest BCUT2D eigenvalue weighted by Crippen LogP contribution is 2.35. The molecule has 0 fully saturated rings. The number of para-hydroxylation sites is 2. The number of nitrogens with zero attached hydrogens (tertiary/aromatic N) is 1. The lowest BCUT2D eigenvalue weighted by atomic mass is 10.1. The molecular weight excluding hydrogens is 452 g/mol. The smallest absolute Gasteiger partial charge is 0.266 e. The number of nitrogens with one attached hydrogen (secondary N) is 1. The van der Waals surface area contributed by atoms with E-state index in [9.17, 15) is 10.1 Å². The minimum absolute atomic E-state index is 0.0325. The molecule has 0 aliphatic rings. The fraction of sp³-hybridized carbons (Fsp3) is 0.111. The van der Waals surface area contributed by atoms with Gasteiger partial charge in [0.1, 0.15) is 23.1 Å². The van der Waals surface area contributed by atoms with Gasteiger partial charge in [-0.15, -0.1) is 0 Å². The first-order valence-corrected chi connectivity index (χ1v) is 8.68. The van der Waals surface area contributed by atoms with Crippen LogP contribution in [0, 0.1) is 11.3 Å². The number of rotatable bonds is 5. The number of nitriles is 1. The fourth-order valence-electron chi connectivity index (χ4n) is 2.11. The summed E-state index contributed by atoms with van der Waals surface area (Å²) < 4.78 is 11.8. The lowest BCUT2D eigenvalue weighted by Gasteiger charge is -2.10. The topological polar surface area (TPSA) is 71.3 Å². The Hall–Kier alpha value is -2.30. The van der Waals surface area contributed by atoms with Crippen LogP contribution in [0.25, 0.3) is 6.08 Å². The lowest BCUT2D eigenvalue weighted by Crippen LogP contribution is -2.14. The van der Waals surface area contributed by atoms with E-state index in [1.807, 2.05) is 6.07 Å². The number of benzene rings is 2. The Kier molecular flexibility index (Phi) is 6.62. The van der Waals surface area contributed by atoms with Crippen molar-refractivity contribution in [2.75, 3.05) is 19.5 Å². The maximum Gasteiger partial charge on any atom is 0.266 e. The van der Waals surface area contributed by atoms with Gasteiger partial charge in [0.15, 0.2) is 0 Å². The molecule has 0 heterocycles. The van der Waals surface area contributed by atoms with E-state index in [0.29, 0.717) is 31.7 Å². The molecule has 2 rings (SSSR count). The quantitative estimate of drug-likeness (QED) is 0.509. The minimum atomic E-state index is -0.518. The molecule has 5 nitrogen and oxygen atoms in total. The minimum Gasteiger partial charge on any atom is -0.495 e. The summed E-state index contributed by atoms with van der Waals surface area (Å²) in [6.45, 7) is 0. The van der Waals surface area contributed by atoms with Gasteiger partial charge in [0.05, 0.1) is 28.9 Å². The summed E-state index contributed by atoms with van der Waals surface area (Å²) in [5, 5.41) is 12.0. The van der Waals surface area contributed by atoms with E-state index in [1.54, 1.807) is 43.5 Å². The van der Waals surface area contributed by atoms with E-state index in [4.69, 9.17) is 9.47 Å². The lowest BCUT2D eigenvalue weighted by molar-refractivity contribution is -0.112. The third-order valence-electron chi connectivity index (χ3n) is 3.26. The average Bonchev–Trinajstić information content (AvgIpc) is 2.59. The summed E-state index contributed by atoms with van der Waals surface area (Å²) in [5.74, 6) is 0.632. The van der Waals surface area contributed by atoms with Gasteiger partial charge in [0.2, 0.25) is 0 Å². The monoisotopic (exact) mass is 464 g/mol. The summed E-state index contributed by atoms with van der Waals surface area (Å²) >= 11 is 6.79. The molecule has 25 heavy (non-hydrogen) atoms. The molecule has 0 bridgehead atoms. The maximum absolute atomic E-state index is 12.4. The van der Waals surface area contributed by atoms with E-state index in [1.165, 1.54) is 13.2 Å². The summed E-state index contributed by atoms with van der Waals surface area (Å²) in [4.78, 5) is 12.4. The molecule has 0 aliphatic carbocycles. The van der Waals surface area contributed by atoms with Gasteiger partial charge in [-0.3, -0.25) is 4.79 Å². The predicted molar refractivity (Wildman–Crippen MR) is 104 cm³/mol. The van der Waals surface area contributed by atoms with Gasteiger partial charge in [-0.25, -0.2) is 0 Å². The molecule has 0 radical (unpaired) electrons. The van der Waals surface area contributed by atoms with Crippen LogP contribution in [0.1, 0.15) is 5.56 Å². The molecule has 0 aliphatic heterocycles. The molecule has 128 valence electrons. The zero-order valence-corrected chi connectivity index (χ0v) is 16.6. The largest absolute Gasteiger partial charge is 0.495 e. The van der Waals surface area contributed by atoms with Crippen LogP contribution in [0.2, 0.25) is 0 Å². The van der Waals surface area contributed by atoms with Gasteiger partial charge in [0.25, 0.3) is 5.91 Å². The Labute approximate surface area is 162 Å². The number of halogens is 2. The van der Waals surface area contributed by atoms with Crippen LogP contribution in [0.3, 0.4) is 0 Å². The molecule has 7 heteroatoms. The highest BCUT2D eigenvalue weighted by atomic mass is 79.9. The van der Waals surface area contributed by atoms with Crippen LogP contribution in [0.4, 0.5) is 5.69 Å². The second kappa shape index (κ2) is 8.70. The van der Waals surface area contributed by atoms with Crippen molar-refractivity contribution in [3.63, 3.8) is 0 Å². The van der Waals surface area contributed by atoms with Crippen molar-refractivity contribution in [3.8, 4) is 17.6 Å². The summed E-state index contributed by atoms with van der Waals surface area (Å²) in [7, 11) is 3.07. The standard InChI is InChI=1S/C18H14Br2N2O3/c1-24-16-6-4-3-5-15(16)22-18(23)12(10-21)7-11-8-13(19)17(25-2)14(20)9-11/h3-9H,1-2H3,(H,22,23)/b12-7+. The number of ether oxygens (including phenoxy) is 2. The molecule has 1 amide bonds. The van der Waals surface area contributed by atoms with Crippen molar-refractivity contribution in [1.82, 2.24) is 0 Å². The second-order valence-electron chi connectivity index (χ2n) is 4.84. The Balaban J connectivity index is 2.31. The van der Waals surface area contributed by atoms with Crippen molar-refractivity contribution in [2.45, 2.75) is 0 Å². The van der Waals surface area contributed by atoms with Gasteiger partial charge in [-0.2, -0.15) is 5.26 Å². The molecule has 0 saturated carbocycles. The molecular formula is C18H14Br2N2O3. The van der Waals surface area contributed by atoms with Crippen molar-refractivity contribution in [3.05, 3.63) is 56.5 Å². The van der Waals surface area contributed by atoms with Crippen LogP contribution in [-0.2, 0) is 4.79 Å². The van der Waals surface area contributed by atoms with Crippen LogP contribution >= 0.6 is 31.9 Å². The molecule has 1 N–H and O–H groups in total. The van der Waals surface area contributed by atoms with Crippen LogP contribution in [0.5, 0.6) is 11.5 Å². The van der Waals surface area contributed by atoms with Gasteiger partial charge in [0, 0.05) is 0 Å². The molecule has 0 spiro atoms. The van der Waals surface area contributed by atoms with E-state index in [2.05, 4.69) is 37.2 Å². The van der Waals surface area contributed by atoms with E-state index >= 15 is 0 Å². The molecule has 0 saturated heterocycles. The Morgan fingerprint density at radius 3 is 2.36 bits per heavy atom.